The van der Waals surface area contributed by atoms with Gasteiger partial charge in [0.1, 0.15) is 5.78 Å². The summed E-state index contributed by atoms with van der Waals surface area (Å²) >= 11 is 0. The topological polar surface area (TPSA) is 57.5 Å². The molecule has 3 saturated carbocycles. The van der Waals surface area contributed by atoms with Crippen molar-refractivity contribution in [3.63, 3.8) is 0 Å². The number of hydrogen-bond acceptors (Lipinski definition) is 3. The number of rotatable bonds is 6. The molecule has 0 heterocycles. The quantitative estimate of drug-likeness (QED) is 0.559. The average Bonchev–Trinajstić information content (AvgIpc) is 3.06. The summed E-state index contributed by atoms with van der Waals surface area (Å²) < 4.78 is 0. The van der Waals surface area contributed by atoms with Crippen molar-refractivity contribution in [2.75, 3.05) is 6.61 Å². The lowest BCUT2D eigenvalue weighted by Crippen LogP contribution is -2.54. The van der Waals surface area contributed by atoms with E-state index in [4.69, 9.17) is 0 Å². The van der Waals surface area contributed by atoms with Gasteiger partial charge < -0.3 is 10.2 Å². The molecule has 170 valence electrons. The van der Waals surface area contributed by atoms with E-state index in [-0.39, 0.29) is 11.5 Å². The van der Waals surface area contributed by atoms with E-state index in [0.717, 1.165) is 31.1 Å². The zero-order valence-electron chi connectivity index (χ0n) is 19.7. The van der Waals surface area contributed by atoms with E-state index in [1.807, 2.05) is 0 Å². The van der Waals surface area contributed by atoms with Crippen LogP contribution >= 0.6 is 0 Å². The van der Waals surface area contributed by atoms with Crippen molar-refractivity contribution in [3.8, 4) is 0 Å². The van der Waals surface area contributed by atoms with Crippen LogP contribution in [0.15, 0.2) is 11.6 Å². The normalized spacial score (nSPS) is 45.2. The third-order valence-corrected chi connectivity index (χ3v) is 10.4. The molecular weight excluding hydrogens is 372 g/mol. The molecular formula is C27H44O3. The standard InChI is InChI=1S/C27H44O3/c1-17(16-28)6-5-7-18(2)21-8-9-22-25-23(11-13-27(21,22)4)26(3)12-10-20(29)14-19(26)15-24(25)30/h15,17-18,21-25,28,30H,5-14,16H2,1-4H3/t17-,18-,21?,22?,23?,24?,25?,26+,27-/m1/s1. The van der Waals surface area contributed by atoms with Crippen LogP contribution in [0.3, 0.4) is 0 Å². The van der Waals surface area contributed by atoms with Gasteiger partial charge in [0.25, 0.3) is 0 Å². The highest BCUT2D eigenvalue weighted by atomic mass is 16.3. The summed E-state index contributed by atoms with van der Waals surface area (Å²) in [6.45, 7) is 9.84. The second-order valence-electron chi connectivity index (χ2n) is 12.0. The van der Waals surface area contributed by atoms with Gasteiger partial charge in [-0.25, -0.2) is 0 Å². The van der Waals surface area contributed by atoms with E-state index >= 15 is 0 Å². The van der Waals surface area contributed by atoms with Gasteiger partial charge in [-0.3, -0.25) is 4.79 Å². The first-order valence-corrected chi connectivity index (χ1v) is 12.7. The third-order valence-electron chi connectivity index (χ3n) is 10.4. The molecule has 3 fully saturated rings. The number of hydrogen-bond donors (Lipinski definition) is 2. The Hall–Kier alpha value is -0.670. The zero-order chi connectivity index (χ0) is 21.7. The molecule has 4 aliphatic carbocycles. The van der Waals surface area contributed by atoms with Crippen molar-refractivity contribution in [3.05, 3.63) is 11.6 Å². The maximum absolute atomic E-state index is 12.1. The number of carbonyl (C=O) groups is 1. The largest absolute Gasteiger partial charge is 0.396 e. The van der Waals surface area contributed by atoms with E-state index in [9.17, 15) is 15.0 Å². The van der Waals surface area contributed by atoms with Crippen molar-refractivity contribution >= 4 is 5.78 Å². The monoisotopic (exact) mass is 416 g/mol. The SMILES string of the molecule is C[C@@H](CO)CCC[C@@H](C)C1CCC2C3C(O)C=C4CC(=O)CC[C@]4(C)C3CC[C@@]21C. The van der Waals surface area contributed by atoms with Crippen molar-refractivity contribution in [2.24, 2.45) is 46.3 Å². The van der Waals surface area contributed by atoms with Gasteiger partial charge in [0.05, 0.1) is 6.10 Å². The zero-order valence-corrected chi connectivity index (χ0v) is 19.7. The van der Waals surface area contributed by atoms with Crippen LogP contribution in [0.5, 0.6) is 0 Å². The van der Waals surface area contributed by atoms with Crippen molar-refractivity contribution in [1.29, 1.82) is 0 Å². The van der Waals surface area contributed by atoms with Gasteiger partial charge in [0.2, 0.25) is 0 Å². The lowest BCUT2D eigenvalue weighted by atomic mass is 9.46. The summed E-state index contributed by atoms with van der Waals surface area (Å²) in [7, 11) is 0. The van der Waals surface area contributed by atoms with Gasteiger partial charge in [-0.2, -0.15) is 0 Å². The lowest BCUT2D eigenvalue weighted by Gasteiger charge is -2.59. The maximum Gasteiger partial charge on any atom is 0.136 e. The number of ketones is 1. The Morgan fingerprint density at radius 2 is 1.87 bits per heavy atom. The molecule has 9 atom stereocenters. The highest BCUT2D eigenvalue weighted by molar-refractivity contribution is 5.82. The highest BCUT2D eigenvalue weighted by Crippen LogP contribution is 2.67. The molecule has 0 spiro atoms. The molecule has 3 nitrogen and oxygen atoms in total. The predicted octanol–water partition coefficient (Wildman–Crippen LogP) is 5.54. The fraction of sp³-hybridized carbons (Fsp3) is 0.889. The molecule has 2 N–H and O–H groups in total. The molecule has 4 aliphatic rings. The van der Waals surface area contributed by atoms with Crippen LogP contribution < -0.4 is 0 Å². The predicted molar refractivity (Wildman–Crippen MR) is 121 cm³/mol. The summed E-state index contributed by atoms with van der Waals surface area (Å²) in [4.78, 5) is 12.1. The Bertz CT molecular complexity index is 684. The number of aliphatic hydroxyl groups excluding tert-OH is 2. The Morgan fingerprint density at radius 3 is 2.60 bits per heavy atom. The van der Waals surface area contributed by atoms with E-state index in [1.54, 1.807) is 0 Å². The van der Waals surface area contributed by atoms with Crippen LogP contribution in [0.4, 0.5) is 0 Å². The highest BCUT2D eigenvalue weighted by Gasteiger charge is 2.61. The van der Waals surface area contributed by atoms with Gasteiger partial charge >= 0.3 is 0 Å². The molecule has 5 unspecified atom stereocenters. The molecule has 30 heavy (non-hydrogen) atoms. The Labute approximate surface area is 183 Å². The second kappa shape index (κ2) is 8.35. The Morgan fingerprint density at radius 1 is 1.10 bits per heavy atom. The summed E-state index contributed by atoms with van der Waals surface area (Å²) in [5.41, 5.74) is 1.72. The van der Waals surface area contributed by atoms with Crippen molar-refractivity contribution in [1.82, 2.24) is 0 Å². The summed E-state index contributed by atoms with van der Waals surface area (Å²) in [5.74, 6) is 3.78. The first kappa shape index (κ1) is 22.5. The van der Waals surface area contributed by atoms with Gasteiger partial charge in [0, 0.05) is 19.4 Å². The minimum Gasteiger partial charge on any atom is -0.396 e. The van der Waals surface area contributed by atoms with Gasteiger partial charge in [-0.05, 0) is 84.9 Å². The fourth-order valence-corrected chi connectivity index (χ4v) is 8.52. The molecule has 3 heteroatoms. The van der Waals surface area contributed by atoms with Crippen LogP contribution in [0.2, 0.25) is 0 Å². The van der Waals surface area contributed by atoms with Crippen LogP contribution in [0, 0.1) is 46.3 Å². The minimum absolute atomic E-state index is 0.128. The lowest BCUT2D eigenvalue weighted by molar-refractivity contribution is -0.125. The first-order valence-electron chi connectivity index (χ1n) is 12.7. The van der Waals surface area contributed by atoms with Crippen LogP contribution in [-0.2, 0) is 4.79 Å². The molecule has 0 amide bonds. The molecule has 0 aliphatic heterocycles. The average molecular weight is 417 g/mol. The van der Waals surface area contributed by atoms with Crippen molar-refractivity contribution in [2.45, 2.75) is 98.0 Å². The smallest absolute Gasteiger partial charge is 0.136 e. The maximum atomic E-state index is 12.1. The minimum atomic E-state index is -0.368. The summed E-state index contributed by atoms with van der Waals surface area (Å²) in [6.07, 6.45) is 12.7. The van der Waals surface area contributed by atoms with Gasteiger partial charge in [0.15, 0.2) is 0 Å². The van der Waals surface area contributed by atoms with E-state index in [2.05, 4.69) is 33.8 Å². The number of fused-ring (bicyclic) bond motifs is 5. The summed E-state index contributed by atoms with van der Waals surface area (Å²) in [5, 5.41) is 20.6. The van der Waals surface area contributed by atoms with Crippen LogP contribution in [0.25, 0.3) is 0 Å². The van der Waals surface area contributed by atoms with Crippen molar-refractivity contribution < 1.29 is 15.0 Å². The number of aliphatic hydroxyl groups is 2. The number of carbonyl (C=O) groups excluding carboxylic acids is 1. The Balaban J connectivity index is 1.51. The van der Waals surface area contributed by atoms with Crippen LogP contribution in [-0.4, -0.2) is 28.7 Å². The second-order valence-corrected chi connectivity index (χ2v) is 12.0. The molecule has 0 saturated heterocycles. The van der Waals surface area contributed by atoms with E-state index < -0.39 is 0 Å². The third kappa shape index (κ3) is 3.62. The number of Topliss-reactive ketones (excluding diaryl/α,β-unsaturated/α-hetero) is 1. The van der Waals surface area contributed by atoms with E-state index in [0.29, 0.717) is 47.9 Å². The Kier molecular flexibility index (Phi) is 6.27. The molecule has 0 aromatic heterocycles. The molecule has 0 radical (unpaired) electrons. The summed E-state index contributed by atoms with van der Waals surface area (Å²) in [6, 6.07) is 0. The van der Waals surface area contributed by atoms with Gasteiger partial charge in [-0.15, -0.1) is 0 Å². The van der Waals surface area contributed by atoms with E-state index in [1.165, 1.54) is 44.1 Å². The fourth-order valence-electron chi connectivity index (χ4n) is 8.52. The van der Waals surface area contributed by atoms with Crippen LogP contribution in [0.1, 0.15) is 91.9 Å². The molecule has 0 aromatic carbocycles. The van der Waals surface area contributed by atoms with Gasteiger partial charge in [-0.1, -0.05) is 52.2 Å². The number of allylic oxidation sites excluding steroid dienone is 1. The molecule has 0 aromatic rings. The first-order chi connectivity index (χ1) is 14.2. The molecule has 0 bridgehead atoms. The molecule has 4 rings (SSSR count).